The van der Waals surface area contributed by atoms with Gasteiger partial charge in [0, 0.05) is 18.2 Å². The van der Waals surface area contributed by atoms with Crippen LogP contribution in [0.25, 0.3) is 10.6 Å². The summed E-state index contributed by atoms with van der Waals surface area (Å²) in [5, 5.41) is 6.71. The Morgan fingerprint density at radius 1 is 1.15 bits per heavy atom. The van der Waals surface area contributed by atoms with E-state index in [2.05, 4.69) is 15.6 Å². The third-order valence-electron chi connectivity index (χ3n) is 3.60. The quantitative estimate of drug-likeness (QED) is 0.650. The summed E-state index contributed by atoms with van der Waals surface area (Å²) in [6.45, 7) is 1.40. The standard InChI is InChI=1S/C19H16ClN3O3S/c1-11(24)22-15-9-12(7-8-16(15)26-2)23-18(25)17-10-21-19(27-17)13-5-3-4-6-14(13)20/h3-10H,1-2H3,(H,22,24)(H,23,25). The SMILES string of the molecule is COc1ccc(NC(=O)c2cnc(-c3ccccc3Cl)s2)cc1NC(C)=O. The van der Waals surface area contributed by atoms with E-state index in [9.17, 15) is 9.59 Å². The van der Waals surface area contributed by atoms with Gasteiger partial charge in [-0.3, -0.25) is 9.59 Å². The molecule has 0 unspecified atom stereocenters. The molecule has 2 aromatic carbocycles. The average molecular weight is 402 g/mol. The summed E-state index contributed by atoms with van der Waals surface area (Å²) < 4.78 is 5.21. The molecule has 27 heavy (non-hydrogen) atoms. The van der Waals surface area contributed by atoms with Gasteiger partial charge in [-0.05, 0) is 24.3 Å². The third-order valence-corrected chi connectivity index (χ3v) is 4.96. The summed E-state index contributed by atoms with van der Waals surface area (Å²) in [7, 11) is 1.51. The molecular formula is C19H16ClN3O3S. The van der Waals surface area contributed by atoms with E-state index in [1.165, 1.54) is 31.6 Å². The number of thiazole rings is 1. The predicted molar refractivity (Wildman–Crippen MR) is 108 cm³/mol. The van der Waals surface area contributed by atoms with E-state index >= 15 is 0 Å². The van der Waals surface area contributed by atoms with Crippen molar-refractivity contribution >= 4 is 46.1 Å². The number of halogens is 1. The molecule has 0 saturated heterocycles. The molecule has 0 saturated carbocycles. The van der Waals surface area contributed by atoms with Gasteiger partial charge in [0.15, 0.2) is 0 Å². The summed E-state index contributed by atoms with van der Waals surface area (Å²) >= 11 is 7.43. The Labute approximate surface area is 165 Å². The van der Waals surface area contributed by atoms with Gasteiger partial charge < -0.3 is 15.4 Å². The number of anilines is 2. The molecule has 0 fully saturated rings. The van der Waals surface area contributed by atoms with Crippen LogP contribution >= 0.6 is 22.9 Å². The minimum Gasteiger partial charge on any atom is -0.495 e. The first-order valence-corrected chi connectivity index (χ1v) is 9.15. The van der Waals surface area contributed by atoms with Crippen molar-refractivity contribution in [3.05, 3.63) is 58.6 Å². The maximum absolute atomic E-state index is 12.5. The zero-order chi connectivity index (χ0) is 19.4. The molecular weight excluding hydrogens is 386 g/mol. The second-order valence-electron chi connectivity index (χ2n) is 5.56. The van der Waals surface area contributed by atoms with E-state index in [-0.39, 0.29) is 11.8 Å². The van der Waals surface area contributed by atoms with Gasteiger partial charge in [-0.1, -0.05) is 29.8 Å². The molecule has 0 spiro atoms. The number of methoxy groups -OCH3 is 1. The van der Waals surface area contributed by atoms with Crippen LogP contribution in [0.5, 0.6) is 5.75 Å². The number of amides is 2. The Balaban J connectivity index is 1.80. The highest BCUT2D eigenvalue weighted by atomic mass is 35.5. The average Bonchev–Trinajstić information content (AvgIpc) is 3.12. The van der Waals surface area contributed by atoms with E-state index in [1.54, 1.807) is 24.3 Å². The predicted octanol–water partition coefficient (Wildman–Crippen LogP) is 4.68. The van der Waals surface area contributed by atoms with Crippen molar-refractivity contribution in [2.45, 2.75) is 6.92 Å². The van der Waals surface area contributed by atoms with Crippen molar-refractivity contribution in [3.8, 4) is 16.3 Å². The molecule has 0 aliphatic rings. The zero-order valence-electron chi connectivity index (χ0n) is 14.6. The van der Waals surface area contributed by atoms with Gasteiger partial charge in [0.05, 0.1) is 24.0 Å². The number of hydrogen-bond donors (Lipinski definition) is 2. The first-order valence-electron chi connectivity index (χ1n) is 7.95. The van der Waals surface area contributed by atoms with E-state index in [0.29, 0.717) is 32.0 Å². The first kappa shape index (κ1) is 18.9. The molecule has 1 heterocycles. The highest BCUT2D eigenvalue weighted by Gasteiger charge is 2.14. The Morgan fingerprint density at radius 3 is 2.63 bits per heavy atom. The van der Waals surface area contributed by atoms with Crippen molar-refractivity contribution in [3.63, 3.8) is 0 Å². The van der Waals surface area contributed by atoms with E-state index in [0.717, 1.165) is 5.56 Å². The lowest BCUT2D eigenvalue weighted by Gasteiger charge is -2.11. The number of carbonyl (C=O) groups excluding carboxylic acids is 2. The summed E-state index contributed by atoms with van der Waals surface area (Å²) in [4.78, 5) is 28.6. The summed E-state index contributed by atoms with van der Waals surface area (Å²) in [6, 6.07) is 12.3. The largest absolute Gasteiger partial charge is 0.495 e. The number of carbonyl (C=O) groups is 2. The van der Waals surface area contributed by atoms with Crippen LogP contribution < -0.4 is 15.4 Å². The van der Waals surface area contributed by atoms with Gasteiger partial charge in [-0.15, -0.1) is 11.3 Å². The van der Waals surface area contributed by atoms with Crippen molar-refractivity contribution in [1.82, 2.24) is 4.98 Å². The lowest BCUT2D eigenvalue weighted by Crippen LogP contribution is -2.12. The summed E-state index contributed by atoms with van der Waals surface area (Å²) in [5.41, 5.74) is 1.78. The molecule has 3 aromatic rings. The summed E-state index contributed by atoms with van der Waals surface area (Å²) in [6.07, 6.45) is 1.51. The van der Waals surface area contributed by atoms with Gasteiger partial charge in [0.25, 0.3) is 5.91 Å². The van der Waals surface area contributed by atoms with Crippen LogP contribution in [0.4, 0.5) is 11.4 Å². The zero-order valence-corrected chi connectivity index (χ0v) is 16.1. The number of rotatable bonds is 5. The highest BCUT2D eigenvalue weighted by molar-refractivity contribution is 7.17. The number of nitrogens with zero attached hydrogens (tertiary/aromatic N) is 1. The van der Waals surface area contributed by atoms with E-state index < -0.39 is 0 Å². The van der Waals surface area contributed by atoms with Crippen LogP contribution in [0.2, 0.25) is 5.02 Å². The van der Waals surface area contributed by atoms with Crippen LogP contribution in [0.15, 0.2) is 48.7 Å². The number of ether oxygens (including phenoxy) is 1. The molecule has 6 nitrogen and oxygen atoms in total. The van der Waals surface area contributed by atoms with Crippen molar-refractivity contribution < 1.29 is 14.3 Å². The van der Waals surface area contributed by atoms with Crippen LogP contribution in [0.1, 0.15) is 16.6 Å². The molecule has 2 amide bonds. The van der Waals surface area contributed by atoms with Crippen LogP contribution in [0.3, 0.4) is 0 Å². The smallest absolute Gasteiger partial charge is 0.267 e. The monoisotopic (exact) mass is 401 g/mol. The van der Waals surface area contributed by atoms with Crippen molar-refractivity contribution in [2.75, 3.05) is 17.7 Å². The minimum atomic E-state index is -0.301. The number of aromatic nitrogens is 1. The number of hydrogen-bond acceptors (Lipinski definition) is 5. The molecule has 0 aliphatic carbocycles. The van der Waals surface area contributed by atoms with Crippen LogP contribution in [-0.2, 0) is 4.79 Å². The second kappa shape index (κ2) is 8.20. The maximum Gasteiger partial charge on any atom is 0.267 e. The molecule has 0 aliphatic heterocycles. The van der Waals surface area contributed by atoms with Gasteiger partial charge in [-0.25, -0.2) is 4.98 Å². The fourth-order valence-electron chi connectivity index (χ4n) is 2.40. The summed E-state index contributed by atoms with van der Waals surface area (Å²) in [5.74, 6) is -0.0321. The second-order valence-corrected chi connectivity index (χ2v) is 7.00. The molecule has 2 N–H and O–H groups in total. The lowest BCUT2D eigenvalue weighted by atomic mass is 10.2. The number of benzene rings is 2. The van der Waals surface area contributed by atoms with Gasteiger partial charge in [-0.2, -0.15) is 0 Å². The molecule has 0 radical (unpaired) electrons. The van der Waals surface area contributed by atoms with Crippen LogP contribution in [-0.4, -0.2) is 23.9 Å². The van der Waals surface area contributed by atoms with Crippen molar-refractivity contribution in [2.24, 2.45) is 0 Å². The molecule has 138 valence electrons. The van der Waals surface area contributed by atoms with E-state index in [1.807, 2.05) is 18.2 Å². The Bertz CT molecular complexity index is 1000. The van der Waals surface area contributed by atoms with Gasteiger partial charge in [0.2, 0.25) is 5.91 Å². The molecule has 1 aromatic heterocycles. The topological polar surface area (TPSA) is 80.3 Å². The van der Waals surface area contributed by atoms with Crippen molar-refractivity contribution in [1.29, 1.82) is 0 Å². The Kier molecular flexibility index (Phi) is 5.73. The first-order chi connectivity index (χ1) is 13.0. The van der Waals surface area contributed by atoms with E-state index in [4.69, 9.17) is 16.3 Å². The third kappa shape index (κ3) is 4.45. The fraction of sp³-hybridized carbons (Fsp3) is 0.105. The normalized spacial score (nSPS) is 10.3. The highest BCUT2D eigenvalue weighted by Crippen LogP contribution is 2.32. The Morgan fingerprint density at radius 2 is 1.93 bits per heavy atom. The van der Waals surface area contributed by atoms with Gasteiger partial charge in [0.1, 0.15) is 15.6 Å². The molecule has 0 atom stereocenters. The molecule has 8 heteroatoms. The molecule has 3 rings (SSSR count). The minimum absolute atomic E-state index is 0.233. The maximum atomic E-state index is 12.5. The molecule has 0 bridgehead atoms. The Hall–Kier alpha value is -2.90. The van der Waals surface area contributed by atoms with Gasteiger partial charge >= 0.3 is 0 Å². The number of nitrogens with one attached hydrogen (secondary N) is 2. The van der Waals surface area contributed by atoms with Crippen LogP contribution in [0, 0.1) is 0 Å². The fourth-order valence-corrected chi connectivity index (χ4v) is 3.54. The lowest BCUT2D eigenvalue weighted by molar-refractivity contribution is -0.114.